The van der Waals surface area contributed by atoms with E-state index in [2.05, 4.69) is 22.3 Å². The first-order valence-electron chi connectivity index (χ1n) is 9.78. The van der Waals surface area contributed by atoms with Crippen LogP contribution >= 0.6 is 0 Å². The van der Waals surface area contributed by atoms with E-state index in [0.29, 0.717) is 5.75 Å². The number of allylic oxidation sites excluding steroid dienone is 1. The van der Waals surface area contributed by atoms with Crippen molar-refractivity contribution in [3.63, 3.8) is 0 Å². The number of piperidine rings is 1. The minimum absolute atomic E-state index is 0.0475. The Bertz CT molecular complexity index is 915. The summed E-state index contributed by atoms with van der Waals surface area (Å²) in [6.45, 7) is 4.13. The number of aryl methyl sites for hydroxylation is 1. The fourth-order valence-corrected chi connectivity index (χ4v) is 4.16. The molecule has 0 saturated carbocycles. The van der Waals surface area contributed by atoms with Crippen LogP contribution in [0.4, 0.5) is 5.69 Å². The summed E-state index contributed by atoms with van der Waals surface area (Å²) in [5.74, 6) is 0.383. The Balaban J connectivity index is 1.78. The van der Waals surface area contributed by atoms with Crippen LogP contribution in [0.15, 0.2) is 54.0 Å². The molecule has 0 aliphatic carbocycles. The van der Waals surface area contributed by atoms with Crippen LogP contribution in [0.3, 0.4) is 0 Å². The molecule has 4 rings (SSSR count). The average molecular weight is 379 g/mol. The first-order valence-corrected chi connectivity index (χ1v) is 9.78. The molecule has 6 nitrogen and oxygen atoms in total. The first-order chi connectivity index (χ1) is 13.6. The molecule has 2 aliphatic heterocycles. The van der Waals surface area contributed by atoms with E-state index in [4.69, 9.17) is 4.74 Å². The van der Waals surface area contributed by atoms with Gasteiger partial charge in [0.2, 0.25) is 0 Å². The van der Waals surface area contributed by atoms with Crippen LogP contribution in [-0.4, -0.2) is 25.1 Å². The van der Waals surface area contributed by atoms with Gasteiger partial charge >= 0.3 is 5.70 Å². The second-order valence-electron chi connectivity index (χ2n) is 7.44. The third kappa shape index (κ3) is 3.30. The molecule has 0 aromatic heterocycles. The van der Waals surface area contributed by atoms with Crippen molar-refractivity contribution in [2.24, 2.45) is 0 Å². The summed E-state index contributed by atoms with van der Waals surface area (Å²) < 4.78 is 5.80. The SMILES string of the molecule is CNC1=C([N+](=O)[O-])C(c2ccc(N3CCCCC3)cc2)c2cc(C)ccc2O1. The van der Waals surface area contributed by atoms with Gasteiger partial charge in [0.25, 0.3) is 5.88 Å². The van der Waals surface area contributed by atoms with E-state index >= 15 is 0 Å². The number of benzene rings is 2. The minimum Gasteiger partial charge on any atom is -0.435 e. The number of ether oxygens (including phenoxy) is 1. The number of anilines is 1. The van der Waals surface area contributed by atoms with Crippen LogP contribution in [-0.2, 0) is 0 Å². The molecule has 1 unspecified atom stereocenters. The third-order valence-electron chi connectivity index (χ3n) is 5.57. The number of nitrogens with zero attached hydrogens (tertiary/aromatic N) is 2. The van der Waals surface area contributed by atoms with Crippen molar-refractivity contribution in [2.75, 3.05) is 25.0 Å². The predicted octanol–water partition coefficient (Wildman–Crippen LogP) is 4.17. The maximum absolute atomic E-state index is 11.9. The van der Waals surface area contributed by atoms with Crippen molar-refractivity contribution in [1.82, 2.24) is 5.32 Å². The zero-order valence-electron chi connectivity index (χ0n) is 16.3. The standard InChI is InChI=1S/C22H25N3O3/c1-15-6-11-19-18(14-15)20(21(25(26)27)22(23-2)28-19)16-7-9-17(10-8-16)24-12-4-3-5-13-24/h6-11,14,20,23H,3-5,12-13H2,1-2H3. The lowest BCUT2D eigenvalue weighted by molar-refractivity contribution is -0.432. The van der Waals surface area contributed by atoms with Crippen molar-refractivity contribution < 1.29 is 9.66 Å². The molecule has 28 heavy (non-hydrogen) atoms. The van der Waals surface area contributed by atoms with E-state index in [-0.39, 0.29) is 16.5 Å². The fourth-order valence-electron chi connectivity index (χ4n) is 4.16. The third-order valence-corrected chi connectivity index (χ3v) is 5.57. The Hall–Kier alpha value is -3.02. The zero-order chi connectivity index (χ0) is 19.7. The molecule has 2 aromatic rings. The van der Waals surface area contributed by atoms with Crippen molar-refractivity contribution in [3.05, 3.63) is 80.8 Å². The molecule has 6 heteroatoms. The molecule has 0 amide bonds. The fraction of sp³-hybridized carbons (Fsp3) is 0.364. The highest BCUT2D eigenvalue weighted by molar-refractivity contribution is 5.55. The molecule has 0 radical (unpaired) electrons. The molecule has 1 saturated heterocycles. The number of fused-ring (bicyclic) bond motifs is 1. The summed E-state index contributed by atoms with van der Waals surface area (Å²) >= 11 is 0. The molecule has 1 N–H and O–H groups in total. The van der Waals surface area contributed by atoms with E-state index in [1.807, 2.05) is 37.3 Å². The summed E-state index contributed by atoms with van der Waals surface area (Å²) in [5, 5.41) is 14.8. The van der Waals surface area contributed by atoms with E-state index in [1.165, 1.54) is 24.9 Å². The maximum atomic E-state index is 11.9. The lowest BCUT2D eigenvalue weighted by Crippen LogP contribution is -2.29. The Labute approximate surface area is 165 Å². The van der Waals surface area contributed by atoms with Gasteiger partial charge in [-0.05, 0) is 49.9 Å². The predicted molar refractivity (Wildman–Crippen MR) is 109 cm³/mol. The Kier molecular flexibility index (Phi) is 4.94. The topological polar surface area (TPSA) is 67.6 Å². The van der Waals surface area contributed by atoms with Gasteiger partial charge in [-0.2, -0.15) is 0 Å². The number of nitrogens with one attached hydrogen (secondary N) is 1. The van der Waals surface area contributed by atoms with Gasteiger partial charge in [0, 0.05) is 31.4 Å². The maximum Gasteiger partial charge on any atom is 0.317 e. The van der Waals surface area contributed by atoms with Crippen molar-refractivity contribution in [3.8, 4) is 5.75 Å². The monoisotopic (exact) mass is 379 g/mol. The van der Waals surface area contributed by atoms with Crippen LogP contribution in [0.5, 0.6) is 5.75 Å². The Morgan fingerprint density at radius 1 is 1.11 bits per heavy atom. The number of nitro groups is 1. The van der Waals surface area contributed by atoms with Gasteiger partial charge in [0.15, 0.2) is 0 Å². The summed E-state index contributed by atoms with van der Waals surface area (Å²) in [6.07, 6.45) is 3.72. The first kappa shape index (κ1) is 18.3. The van der Waals surface area contributed by atoms with Gasteiger partial charge in [0.05, 0.1) is 4.92 Å². The van der Waals surface area contributed by atoms with E-state index in [0.717, 1.165) is 29.8 Å². The lowest BCUT2D eigenvalue weighted by atomic mass is 9.85. The van der Waals surface area contributed by atoms with Crippen molar-refractivity contribution >= 4 is 5.69 Å². The zero-order valence-corrected chi connectivity index (χ0v) is 16.3. The molecule has 2 aliphatic rings. The smallest absolute Gasteiger partial charge is 0.317 e. The highest BCUT2D eigenvalue weighted by Gasteiger charge is 2.39. The summed E-state index contributed by atoms with van der Waals surface area (Å²) in [5.41, 5.74) is 4.01. The molecule has 2 heterocycles. The van der Waals surface area contributed by atoms with Crippen molar-refractivity contribution in [2.45, 2.75) is 32.1 Å². The normalized spacial score (nSPS) is 19.1. The molecule has 0 spiro atoms. The molecule has 1 fully saturated rings. The highest BCUT2D eigenvalue weighted by atomic mass is 16.6. The molecule has 146 valence electrons. The molecule has 2 aromatic carbocycles. The number of hydrogen-bond acceptors (Lipinski definition) is 5. The van der Waals surface area contributed by atoms with Gasteiger partial charge in [-0.3, -0.25) is 10.1 Å². The van der Waals surface area contributed by atoms with Crippen molar-refractivity contribution in [1.29, 1.82) is 0 Å². The molecule has 0 bridgehead atoms. The minimum atomic E-state index is -0.475. The molecular weight excluding hydrogens is 354 g/mol. The van der Waals surface area contributed by atoms with Gasteiger partial charge in [-0.1, -0.05) is 29.8 Å². The lowest BCUT2D eigenvalue weighted by Gasteiger charge is -2.29. The summed E-state index contributed by atoms with van der Waals surface area (Å²) in [4.78, 5) is 14.0. The Morgan fingerprint density at radius 3 is 2.46 bits per heavy atom. The van der Waals surface area contributed by atoms with Crippen LogP contribution in [0, 0.1) is 17.0 Å². The highest BCUT2D eigenvalue weighted by Crippen LogP contribution is 2.43. The molecule has 1 atom stereocenters. The van der Waals surface area contributed by atoms with E-state index in [1.54, 1.807) is 7.05 Å². The largest absolute Gasteiger partial charge is 0.435 e. The summed E-state index contributed by atoms with van der Waals surface area (Å²) in [6, 6.07) is 14.0. The van der Waals surface area contributed by atoms with Gasteiger partial charge in [-0.15, -0.1) is 0 Å². The average Bonchev–Trinajstić information content (AvgIpc) is 2.73. The van der Waals surface area contributed by atoms with E-state index in [9.17, 15) is 10.1 Å². The van der Waals surface area contributed by atoms with Crippen LogP contribution in [0.1, 0.15) is 41.9 Å². The number of rotatable bonds is 4. The Morgan fingerprint density at radius 2 is 1.82 bits per heavy atom. The van der Waals surface area contributed by atoms with Crippen LogP contribution in [0.25, 0.3) is 0 Å². The van der Waals surface area contributed by atoms with Crippen LogP contribution in [0.2, 0.25) is 0 Å². The quantitative estimate of drug-likeness (QED) is 0.638. The summed E-state index contributed by atoms with van der Waals surface area (Å²) in [7, 11) is 1.65. The van der Waals surface area contributed by atoms with Crippen LogP contribution < -0.4 is 15.0 Å². The van der Waals surface area contributed by atoms with E-state index < -0.39 is 5.92 Å². The number of hydrogen-bond donors (Lipinski definition) is 1. The molecular formula is C22H25N3O3. The second kappa shape index (κ2) is 7.54. The van der Waals surface area contributed by atoms with Gasteiger partial charge in [-0.25, -0.2) is 0 Å². The second-order valence-corrected chi connectivity index (χ2v) is 7.44. The van der Waals surface area contributed by atoms with Gasteiger partial charge in [0.1, 0.15) is 11.7 Å². The van der Waals surface area contributed by atoms with Gasteiger partial charge < -0.3 is 15.0 Å².